The van der Waals surface area contributed by atoms with Crippen LogP contribution in [0.2, 0.25) is 0 Å². The molecule has 0 atom stereocenters. The van der Waals surface area contributed by atoms with Gasteiger partial charge in [-0.1, -0.05) is 36.9 Å². The summed E-state index contributed by atoms with van der Waals surface area (Å²) in [6, 6.07) is 13.2. The van der Waals surface area contributed by atoms with Gasteiger partial charge < -0.3 is 9.47 Å². The summed E-state index contributed by atoms with van der Waals surface area (Å²) in [6.45, 7) is 2.55. The minimum absolute atomic E-state index is 0.0241. The number of fused-ring (bicyclic) bond motifs is 1. The first-order valence-corrected chi connectivity index (χ1v) is 9.49. The fourth-order valence-corrected chi connectivity index (χ4v) is 3.61. The first-order valence-electron chi connectivity index (χ1n) is 8.51. The molecule has 0 N–H and O–H groups in total. The molecule has 0 saturated heterocycles. The van der Waals surface area contributed by atoms with Gasteiger partial charge in [0.05, 0.1) is 31.7 Å². The number of rotatable bonds is 7. The average Bonchev–Trinajstić information content (AvgIpc) is 2.68. The summed E-state index contributed by atoms with van der Waals surface area (Å²) in [5.41, 5.74) is 1.67. The lowest BCUT2D eigenvalue weighted by atomic mass is 10.2. The van der Waals surface area contributed by atoms with Crippen LogP contribution in [0.4, 0.5) is 0 Å². The first-order chi connectivity index (χ1) is 12.7. The highest BCUT2D eigenvalue weighted by Crippen LogP contribution is 2.28. The van der Waals surface area contributed by atoms with Gasteiger partial charge in [0.25, 0.3) is 5.56 Å². The smallest absolute Gasteiger partial charge is 0.262 e. The van der Waals surface area contributed by atoms with Gasteiger partial charge in [-0.15, -0.1) is 0 Å². The van der Waals surface area contributed by atoms with Gasteiger partial charge in [-0.3, -0.25) is 9.36 Å². The fourth-order valence-electron chi connectivity index (χ4n) is 2.75. The molecule has 0 saturated carbocycles. The normalized spacial score (nSPS) is 10.9. The molecule has 3 rings (SSSR count). The van der Waals surface area contributed by atoms with Gasteiger partial charge in [0.15, 0.2) is 16.7 Å². The van der Waals surface area contributed by atoms with Crippen LogP contribution in [-0.2, 0) is 6.54 Å². The fraction of sp³-hybridized carbons (Fsp3) is 0.300. The van der Waals surface area contributed by atoms with E-state index in [4.69, 9.17) is 14.5 Å². The highest BCUT2D eigenvalue weighted by molar-refractivity contribution is 7.99. The Labute approximate surface area is 157 Å². The molecular weight excluding hydrogens is 348 g/mol. The molecule has 1 aromatic heterocycles. The lowest BCUT2D eigenvalue weighted by molar-refractivity contribution is 0.354. The zero-order valence-corrected chi connectivity index (χ0v) is 16.0. The Kier molecular flexibility index (Phi) is 5.83. The van der Waals surface area contributed by atoms with Crippen molar-refractivity contribution in [1.82, 2.24) is 9.55 Å². The van der Waals surface area contributed by atoms with Gasteiger partial charge >= 0.3 is 0 Å². The Bertz CT molecular complexity index is 969. The molecule has 0 bridgehead atoms. The van der Waals surface area contributed by atoms with Gasteiger partial charge in [0.1, 0.15) is 0 Å². The van der Waals surface area contributed by atoms with Crippen molar-refractivity contribution in [3.8, 4) is 11.5 Å². The Balaban J connectivity index is 2.08. The molecule has 6 heteroatoms. The maximum atomic E-state index is 13.0. The van der Waals surface area contributed by atoms with Gasteiger partial charge in [-0.2, -0.15) is 0 Å². The Morgan fingerprint density at radius 1 is 1.08 bits per heavy atom. The van der Waals surface area contributed by atoms with Crippen LogP contribution in [0.5, 0.6) is 11.5 Å². The first kappa shape index (κ1) is 18.3. The van der Waals surface area contributed by atoms with E-state index >= 15 is 0 Å². The molecular formula is C20H22N2O3S. The van der Waals surface area contributed by atoms with E-state index in [-0.39, 0.29) is 5.56 Å². The number of methoxy groups -OCH3 is 2. The highest BCUT2D eigenvalue weighted by Gasteiger charge is 2.13. The van der Waals surface area contributed by atoms with Crippen LogP contribution in [0.15, 0.2) is 52.4 Å². The van der Waals surface area contributed by atoms with Gasteiger partial charge in [0.2, 0.25) is 0 Å². The number of nitrogens with zero attached hydrogens (tertiary/aromatic N) is 2. The van der Waals surface area contributed by atoms with Crippen LogP contribution in [0.3, 0.4) is 0 Å². The SMILES string of the molecule is CCCSc1nc2ccccc2c(=O)n1Cc1ccc(OC)c(OC)c1. The van der Waals surface area contributed by atoms with Crippen molar-refractivity contribution in [1.29, 1.82) is 0 Å². The van der Waals surface area contributed by atoms with Crippen LogP contribution in [0.1, 0.15) is 18.9 Å². The van der Waals surface area contributed by atoms with Crippen molar-refractivity contribution >= 4 is 22.7 Å². The molecule has 0 radical (unpaired) electrons. The Hall–Kier alpha value is -2.47. The van der Waals surface area contributed by atoms with E-state index in [0.717, 1.165) is 28.4 Å². The maximum Gasteiger partial charge on any atom is 0.262 e. The molecule has 0 aliphatic rings. The molecule has 0 unspecified atom stereocenters. The topological polar surface area (TPSA) is 53.4 Å². The quantitative estimate of drug-likeness (QED) is 0.465. The third-order valence-corrected chi connectivity index (χ3v) is 5.23. The van der Waals surface area contributed by atoms with E-state index in [1.165, 1.54) is 0 Å². The summed E-state index contributed by atoms with van der Waals surface area (Å²) >= 11 is 1.61. The van der Waals surface area contributed by atoms with E-state index < -0.39 is 0 Å². The lowest BCUT2D eigenvalue weighted by Gasteiger charge is -2.14. The van der Waals surface area contributed by atoms with Gasteiger partial charge in [-0.25, -0.2) is 4.98 Å². The molecule has 0 aliphatic heterocycles. The monoisotopic (exact) mass is 370 g/mol. The maximum absolute atomic E-state index is 13.0. The van der Waals surface area contributed by atoms with E-state index in [1.807, 2.05) is 42.5 Å². The molecule has 0 fully saturated rings. The minimum Gasteiger partial charge on any atom is -0.493 e. The molecule has 3 aromatic rings. The number of hydrogen-bond donors (Lipinski definition) is 0. The standard InChI is InChI=1S/C20H22N2O3S/c1-4-11-26-20-21-16-8-6-5-7-15(16)19(23)22(20)13-14-9-10-17(24-2)18(12-14)25-3/h5-10,12H,4,11,13H2,1-3H3. The molecule has 1 heterocycles. The third kappa shape index (κ3) is 3.70. The molecule has 0 spiro atoms. The summed E-state index contributed by atoms with van der Waals surface area (Å²) in [6.07, 6.45) is 1.02. The lowest BCUT2D eigenvalue weighted by Crippen LogP contribution is -2.24. The number of benzene rings is 2. The molecule has 0 amide bonds. The number of hydrogen-bond acceptors (Lipinski definition) is 5. The summed E-state index contributed by atoms with van der Waals surface area (Å²) in [5, 5.41) is 1.37. The van der Waals surface area contributed by atoms with Gasteiger partial charge in [-0.05, 0) is 36.2 Å². The van der Waals surface area contributed by atoms with E-state index in [2.05, 4.69) is 6.92 Å². The number of ether oxygens (including phenoxy) is 2. The highest BCUT2D eigenvalue weighted by atomic mass is 32.2. The summed E-state index contributed by atoms with van der Waals surface area (Å²) in [4.78, 5) is 17.8. The Morgan fingerprint density at radius 3 is 2.58 bits per heavy atom. The number of aromatic nitrogens is 2. The van der Waals surface area contributed by atoms with Crippen LogP contribution < -0.4 is 15.0 Å². The van der Waals surface area contributed by atoms with Crippen molar-refractivity contribution in [3.63, 3.8) is 0 Å². The molecule has 0 aliphatic carbocycles. The van der Waals surface area contributed by atoms with Crippen molar-refractivity contribution in [2.45, 2.75) is 25.0 Å². The van der Waals surface area contributed by atoms with Crippen LogP contribution >= 0.6 is 11.8 Å². The van der Waals surface area contributed by atoms with Crippen molar-refractivity contribution in [2.75, 3.05) is 20.0 Å². The third-order valence-electron chi connectivity index (χ3n) is 4.05. The summed E-state index contributed by atoms with van der Waals surface area (Å²) in [5.74, 6) is 2.23. The van der Waals surface area contributed by atoms with E-state index in [9.17, 15) is 4.79 Å². The second kappa shape index (κ2) is 8.27. The molecule has 5 nitrogen and oxygen atoms in total. The summed E-state index contributed by atoms with van der Waals surface area (Å²) < 4.78 is 12.4. The summed E-state index contributed by atoms with van der Waals surface area (Å²) in [7, 11) is 3.21. The number of thioether (sulfide) groups is 1. The van der Waals surface area contributed by atoms with Crippen molar-refractivity contribution in [2.24, 2.45) is 0 Å². The number of para-hydroxylation sites is 1. The minimum atomic E-state index is -0.0241. The zero-order valence-electron chi connectivity index (χ0n) is 15.2. The molecule has 136 valence electrons. The second-order valence-electron chi connectivity index (χ2n) is 5.84. The average molecular weight is 370 g/mol. The second-order valence-corrected chi connectivity index (χ2v) is 6.90. The predicted molar refractivity (Wildman–Crippen MR) is 106 cm³/mol. The van der Waals surface area contributed by atoms with Crippen LogP contribution in [0.25, 0.3) is 10.9 Å². The van der Waals surface area contributed by atoms with Gasteiger partial charge in [0, 0.05) is 5.75 Å². The largest absolute Gasteiger partial charge is 0.493 e. The van der Waals surface area contributed by atoms with Crippen LogP contribution in [-0.4, -0.2) is 29.5 Å². The van der Waals surface area contributed by atoms with Crippen molar-refractivity contribution in [3.05, 3.63) is 58.4 Å². The zero-order chi connectivity index (χ0) is 18.5. The Morgan fingerprint density at radius 2 is 1.85 bits per heavy atom. The van der Waals surface area contributed by atoms with Crippen molar-refractivity contribution < 1.29 is 9.47 Å². The van der Waals surface area contributed by atoms with E-state index in [0.29, 0.717) is 23.4 Å². The molecule has 2 aromatic carbocycles. The molecule has 26 heavy (non-hydrogen) atoms. The van der Waals surface area contributed by atoms with Crippen LogP contribution in [0, 0.1) is 0 Å². The predicted octanol–water partition coefficient (Wildman–Crippen LogP) is 3.96. The van der Waals surface area contributed by atoms with E-state index in [1.54, 1.807) is 30.5 Å².